The van der Waals surface area contributed by atoms with Gasteiger partial charge in [0.2, 0.25) is 6.41 Å². The quantitative estimate of drug-likeness (QED) is 0.558. The molecule has 7 nitrogen and oxygen atoms in total. The van der Waals surface area contributed by atoms with E-state index in [0.29, 0.717) is 35.6 Å². The van der Waals surface area contributed by atoms with Crippen molar-refractivity contribution in [3.05, 3.63) is 59.9 Å². The van der Waals surface area contributed by atoms with Gasteiger partial charge in [-0.15, -0.1) is 0 Å². The molecule has 146 valence electrons. The molecule has 0 saturated heterocycles. The van der Waals surface area contributed by atoms with Gasteiger partial charge in [0.15, 0.2) is 5.78 Å². The number of anilines is 3. The van der Waals surface area contributed by atoms with Crippen molar-refractivity contribution in [2.24, 2.45) is 5.41 Å². The number of para-hydroxylation sites is 1. The molecule has 0 saturated carbocycles. The number of aromatic amines is 1. The summed E-state index contributed by atoms with van der Waals surface area (Å²) in [6.45, 7) is 1.80. The van der Waals surface area contributed by atoms with Gasteiger partial charge < -0.3 is 20.4 Å². The molecule has 2 heterocycles. The van der Waals surface area contributed by atoms with Crippen molar-refractivity contribution in [3.63, 3.8) is 0 Å². The van der Waals surface area contributed by atoms with Gasteiger partial charge in [0.25, 0.3) is 0 Å². The molecule has 0 fully saturated rings. The lowest BCUT2D eigenvalue weighted by Crippen LogP contribution is -2.31. The van der Waals surface area contributed by atoms with Gasteiger partial charge in [-0.25, -0.2) is 4.98 Å². The SMILES string of the molecule is CC1(C=O)CC(=O)c2c([nH]c(-c3ccnc(NC=O)c3)c2Nc2ccccc2)C1. The van der Waals surface area contributed by atoms with E-state index in [1.54, 1.807) is 25.3 Å². The predicted molar refractivity (Wildman–Crippen MR) is 110 cm³/mol. The second-order valence-electron chi connectivity index (χ2n) is 7.46. The van der Waals surface area contributed by atoms with E-state index in [2.05, 4.69) is 20.6 Å². The summed E-state index contributed by atoms with van der Waals surface area (Å²) in [7, 11) is 0. The van der Waals surface area contributed by atoms with Gasteiger partial charge in [0.05, 0.1) is 16.9 Å². The first-order valence-electron chi connectivity index (χ1n) is 9.26. The van der Waals surface area contributed by atoms with Crippen molar-refractivity contribution in [1.29, 1.82) is 0 Å². The molecule has 4 rings (SSSR count). The maximum Gasteiger partial charge on any atom is 0.212 e. The van der Waals surface area contributed by atoms with Gasteiger partial charge in [-0.05, 0) is 24.3 Å². The Morgan fingerprint density at radius 3 is 2.66 bits per heavy atom. The number of carbonyl (C=O) groups is 3. The number of carbonyl (C=O) groups excluding carboxylic acids is 3. The Hall–Kier alpha value is -3.74. The summed E-state index contributed by atoms with van der Waals surface area (Å²) in [5.74, 6) is 0.321. The van der Waals surface area contributed by atoms with Gasteiger partial charge >= 0.3 is 0 Å². The first-order valence-corrected chi connectivity index (χ1v) is 9.26. The number of benzene rings is 1. The minimum absolute atomic E-state index is 0.0814. The number of fused-ring (bicyclic) bond motifs is 1. The number of pyridine rings is 1. The summed E-state index contributed by atoms with van der Waals surface area (Å²) in [4.78, 5) is 42.8. The zero-order valence-corrected chi connectivity index (χ0v) is 15.9. The van der Waals surface area contributed by atoms with Crippen molar-refractivity contribution in [3.8, 4) is 11.3 Å². The van der Waals surface area contributed by atoms with Crippen LogP contribution in [-0.4, -0.2) is 28.4 Å². The highest BCUT2D eigenvalue weighted by atomic mass is 16.1. The number of hydrogen-bond donors (Lipinski definition) is 3. The number of aldehydes is 1. The number of nitrogens with zero attached hydrogens (tertiary/aromatic N) is 1. The molecule has 1 aliphatic rings. The van der Waals surface area contributed by atoms with Gasteiger partial charge in [0.1, 0.15) is 12.1 Å². The second kappa shape index (κ2) is 7.35. The number of rotatable bonds is 6. The van der Waals surface area contributed by atoms with E-state index < -0.39 is 5.41 Å². The summed E-state index contributed by atoms with van der Waals surface area (Å²) in [5, 5.41) is 5.90. The third-order valence-corrected chi connectivity index (χ3v) is 5.08. The summed E-state index contributed by atoms with van der Waals surface area (Å²) in [5.41, 5.74) is 3.55. The maximum atomic E-state index is 13.0. The van der Waals surface area contributed by atoms with Crippen molar-refractivity contribution in [2.45, 2.75) is 19.8 Å². The zero-order chi connectivity index (χ0) is 20.4. The third-order valence-electron chi connectivity index (χ3n) is 5.08. The number of amides is 1. The van der Waals surface area contributed by atoms with E-state index in [0.717, 1.165) is 23.2 Å². The topological polar surface area (TPSA) is 104 Å². The van der Waals surface area contributed by atoms with Crippen LogP contribution >= 0.6 is 0 Å². The van der Waals surface area contributed by atoms with Crippen LogP contribution in [0.2, 0.25) is 0 Å². The molecule has 3 aromatic rings. The molecular formula is C22H20N4O3. The Morgan fingerprint density at radius 1 is 1.14 bits per heavy atom. The van der Waals surface area contributed by atoms with Crippen LogP contribution in [-0.2, 0) is 16.0 Å². The predicted octanol–water partition coefficient (Wildman–Crippen LogP) is 3.72. The molecule has 0 aliphatic heterocycles. The normalized spacial score (nSPS) is 18.0. The monoisotopic (exact) mass is 388 g/mol. The Labute approximate surface area is 167 Å². The third kappa shape index (κ3) is 3.54. The smallest absolute Gasteiger partial charge is 0.212 e. The standard InChI is InChI=1S/C22H20N4O3/c1-22(12-27)10-16-19(17(29)11-22)21(25-15-5-3-2-4-6-15)20(26-16)14-7-8-23-18(9-14)24-13-28/h2-9,12-13,25-26H,10-11H2,1H3,(H,23,24,28). The highest BCUT2D eigenvalue weighted by Crippen LogP contribution is 2.42. The number of H-pyrrole nitrogens is 1. The lowest BCUT2D eigenvalue weighted by atomic mass is 9.75. The van der Waals surface area contributed by atoms with Crippen LogP contribution in [0.4, 0.5) is 17.2 Å². The molecule has 2 aromatic heterocycles. The molecule has 0 spiro atoms. The fourth-order valence-electron chi connectivity index (χ4n) is 3.73. The molecule has 7 heteroatoms. The molecular weight excluding hydrogens is 368 g/mol. The largest absolute Gasteiger partial charge is 0.356 e. The molecule has 1 unspecified atom stereocenters. The van der Waals surface area contributed by atoms with Crippen LogP contribution in [0.1, 0.15) is 29.4 Å². The van der Waals surface area contributed by atoms with E-state index in [1.165, 1.54) is 0 Å². The van der Waals surface area contributed by atoms with Crippen molar-refractivity contribution < 1.29 is 14.4 Å². The Morgan fingerprint density at radius 2 is 1.93 bits per heavy atom. The Balaban J connectivity index is 1.87. The molecule has 1 aromatic carbocycles. The summed E-state index contributed by atoms with van der Waals surface area (Å²) in [6, 6.07) is 13.1. The first-order chi connectivity index (χ1) is 14.0. The molecule has 1 atom stereocenters. The van der Waals surface area contributed by atoms with E-state index in [1.807, 2.05) is 30.3 Å². The van der Waals surface area contributed by atoms with E-state index >= 15 is 0 Å². The average molecular weight is 388 g/mol. The minimum Gasteiger partial charge on any atom is -0.356 e. The maximum absolute atomic E-state index is 13.0. The highest BCUT2D eigenvalue weighted by Gasteiger charge is 2.38. The molecule has 0 radical (unpaired) electrons. The summed E-state index contributed by atoms with van der Waals surface area (Å²) >= 11 is 0. The summed E-state index contributed by atoms with van der Waals surface area (Å²) in [6.07, 6.45) is 3.62. The average Bonchev–Trinajstić information content (AvgIpc) is 3.07. The van der Waals surface area contributed by atoms with Gasteiger partial charge in [0, 0.05) is 41.4 Å². The zero-order valence-electron chi connectivity index (χ0n) is 15.9. The fraction of sp³-hybridized carbons (Fsp3) is 0.182. The van der Waals surface area contributed by atoms with Crippen LogP contribution in [0, 0.1) is 5.41 Å². The number of Topliss-reactive ketones (excluding diaryl/α,β-unsaturated/α-hetero) is 1. The second-order valence-corrected chi connectivity index (χ2v) is 7.46. The van der Waals surface area contributed by atoms with Crippen LogP contribution < -0.4 is 10.6 Å². The number of ketones is 1. The summed E-state index contributed by atoms with van der Waals surface area (Å²) < 4.78 is 0. The van der Waals surface area contributed by atoms with Crippen molar-refractivity contribution in [2.75, 3.05) is 10.6 Å². The first kappa shape index (κ1) is 18.6. The van der Waals surface area contributed by atoms with Gasteiger partial charge in [-0.3, -0.25) is 9.59 Å². The van der Waals surface area contributed by atoms with Gasteiger partial charge in [-0.1, -0.05) is 25.1 Å². The Bertz CT molecular complexity index is 1090. The molecule has 1 amide bonds. The van der Waals surface area contributed by atoms with Crippen molar-refractivity contribution in [1.82, 2.24) is 9.97 Å². The van der Waals surface area contributed by atoms with Crippen LogP contribution in [0.15, 0.2) is 48.7 Å². The van der Waals surface area contributed by atoms with Crippen molar-refractivity contribution >= 4 is 35.7 Å². The molecule has 3 N–H and O–H groups in total. The van der Waals surface area contributed by atoms with Crippen LogP contribution in [0.25, 0.3) is 11.3 Å². The lowest BCUT2D eigenvalue weighted by molar-refractivity contribution is -0.115. The fourth-order valence-corrected chi connectivity index (χ4v) is 3.73. The van der Waals surface area contributed by atoms with Gasteiger partial charge in [-0.2, -0.15) is 0 Å². The minimum atomic E-state index is -0.724. The van der Waals surface area contributed by atoms with E-state index in [4.69, 9.17) is 0 Å². The molecule has 1 aliphatic carbocycles. The molecule has 0 bridgehead atoms. The van der Waals surface area contributed by atoms with Crippen LogP contribution in [0.5, 0.6) is 0 Å². The number of nitrogens with one attached hydrogen (secondary N) is 3. The van der Waals surface area contributed by atoms with E-state index in [-0.39, 0.29) is 12.2 Å². The van der Waals surface area contributed by atoms with E-state index in [9.17, 15) is 14.4 Å². The number of hydrogen-bond acceptors (Lipinski definition) is 5. The van der Waals surface area contributed by atoms with Crippen LogP contribution in [0.3, 0.4) is 0 Å². The molecule has 29 heavy (non-hydrogen) atoms. The number of aromatic nitrogens is 2. The Kier molecular flexibility index (Phi) is 4.72. The highest BCUT2D eigenvalue weighted by molar-refractivity contribution is 6.08. The lowest BCUT2D eigenvalue weighted by Gasteiger charge is -2.27.